The van der Waals surface area contributed by atoms with Crippen molar-refractivity contribution >= 4 is 17.3 Å². The first kappa shape index (κ1) is 17.6. The fourth-order valence-electron chi connectivity index (χ4n) is 4.64. The Kier molecular flexibility index (Phi) is 3.97. The fourth-order valence-corrected chi connectivity index (χ4v) is 4.91. The molecule has 26 heavy (non-hydrogen) atoms. The molecule has 0 amide bonds. The summed E-state index contributed by atoms with van der Waals surface area (Å²) in [4.78, 5) is 0. The molecule has 2 heterocycles. The Hall–Kier alpha value is -1.78. The predicted molar refractivity (Wildman–Crippen MR) is 103 cm³/mol. The second-order valence-electron chi connectivity index (χ2n) is 7.99. The highest BCUT2D eigenvalue weighted by Gasteiger charge is 2.53. The van der Waals surface area contributed by atoms with Gasteiger partial charge in [0.1, 0.15) is 11.6 Å². The number of ether oxygens (including phenoxy) is 2. The van der Waals surface area contributed by atoms with Crippen molar-refractivity contribution in [3.05, 3.63) is 46.7 Å². The molecule has 2 aliphatic rings. The summed E-state index contributed by atoms with van der Waals surface area (Å²) in [5.41, 5.74) is 3.56. The van der Waals surface area contributed by atoms with Crippen molar-refractivity contribution in [3.63, 3.8) is 0 Å². The van der Waals surface area contributed by atoms with Crippen molar-refractivity contribution in [1.29, 1.82) is 0 Å². The molecular weight excluding hydrogens is 353 g/mol. The molecule has 2 aliphatic heterocycles. The number of halogens is 2. The second-order valence-corrected chi connectivity index (χ2v) is 8.39. The summed E-state index contributed by atoms with van der Waals surface area (Å²) in [7, 11) is 1.54. The van der Waals surface area contributed by atoms with Gasteiger partial charge in [0.15, 0.2) is 0 Å². The van der Waals surface area contributed by atoms with Crippen molar-refractivity contribution < 1.29 is 13.9 Å². The SMILES string of the molecule is COc1cc(F)ccc1-c1cc2c(cc1Cl)NC(C)(C)C1OCCC21C. The number of rotatable bonds is 2. The number of benzene rings is 2. The highest BCUT2D eigenvalue weighted by molar-refractivity contribution is 6.33. The Labute approximate surface area is 158 Å². The van der Waals surface area contributed by atoms with Crippen LogP contribution in [0.1, 0.15) is 32.8 Å². The minimum absolute atomic E-state index is 0.0756. The molecule has 5 heteroatoms. The van der Waals surface area contributed by atoms with E-state index in [1.807, 2.05) is 6.07 Å². The first-order valence-electron chi connectivity index (χ1n) is 8.84. The van der Waals surface area contributed by atoms with E-state index in [1.165, 1.54) is 24.8 Å². The van der Waals surface area contributed by atoms with Gasteiger partial charge >= 0.3 is 0 Å². The normalized spacial score (nSPS) is 26.0. The molecule has 138 valence electrons. The Balaban J connectivity index is 1.92. The highest BCUT2D eigenvalue weighted by Crippen LogP contribution is 2.52. The largest absolute Gasteiger partial charge is 0.496 e. The van der Waals surface area contributed by atoms with Gasteiger partial charge in [-0.25, -0.2) is 4.39 Å². The van der Waals surface area contributed by atoms with E-state index in [0.717, 1.165) is 29.8 Å². The van der Waals surface area contributed by atoms with E-state index in [1.54, 1.807) is 6.07 Å². The maximum atomic E-state index is 13.6. The third-order valence-electron chi connectivity index (χ3n) is 5.77. The van der Waals surface area contributed by atoms with Crippen LogP contribution in [0.3, 0.4) is 0 Å². The Bertz CT molecular complexity index is 883. The lowest BCUT2D eigenvalue weighted by Gasteiger charge is -2.48. The number of hydrogen-bond donors (Lipinski definition) is 1. The van der Waals surface area contributed by atoms with Gasteiger partial charge in [-0.05, 0) is 50.1 Å². The molecule has 2 aromatic carbocycles. The van der Waals surface area contributed by atoms with E-state index in [9.17, 15) is 4.39 Å². The van der Waals surface area contributed by atoms with Crippen molar-refractivity contribution in [3.8, 4) is 16.9 Å². The maximum Gasteiger partial charge on any atom is 0.129 e. The van der Waals surface area contributed by atoms with Gasteiger partial charge in [0.25, 0.3) is 0 Å². The lowest BCUT2D eigenvalue weighted by atomic mass is 9.66. The molecule has 2 aromatic rings. The number of nitrogens with one attached hydrogen (secondary N) is 1. The molecule has 2 unspecified atom stereocenters. The minimum Gasteiger partial charge on any atom is -0.496 e. The van der Waals surface area contributed by atoms with Crippen LogP contribution in [0.15, 0.2) is 30.3 Å². The van der Waals surface area contributed by atoms with Gasteiger partial charge in [0, 0.05) is 34.9 Å². The summed E-state index contributed by atoms with van der Waals surface area (Å²) in [6, 6.07) is 8.61. The van der Waals surface area contributed by atoms with E-state index >= 15 is 0 Å². The summed E-state index contributed by atoms with van der Waals surface area (Å²) in [5, 5.41) is 4.20. The molecule has 1 N–H and O–H groups in total. The zero-order valence-electron chi connectivity index (χ0n) is 15.5. The molecule has 2 atom stereocenters. The average Bonchev–Trinajstić information content (AvgIpc) is 2.98. The first-order valence-corrected chi connectivity index (χ1v) is 9.22. The molecule has 1 saturated heterocycles. The van der Waals surface area contributed by atoms with E-state index in [-0.39, 0.29) is 22.9 Å². The molecule has 0 spiro atoms. The van der Waals surface area contributed by atoms with Crippen LogP contribution in [0.25, 0.3) is 11.1 Å². The minimum atomic E-state index is -0.334. The number of fused-ring (bicyclic) bond motifs is 3. The van der Waals surface area contributed by atoms with Gasteiger partial charge < -0.3 is 14.8 Å². The van der Waals surface area contributed by atoms with E-state index in [2.05, 4.69) is 32.2 Å². The van der Waals surface area contributed by atoms with E-state index < -0.39 is 0 Å². The summed E-state index contributed by atoms with van der Waals surface area (Å²) < 4.78 is 25.1. The summed E-state index contributed by atoms with van der Waals surface area (Å²) in [6.45, 7) is 7.32. The van der Waals surface area contributed by atoms with Crippen LogP contribution in [-0.2, 0) is 10.2 Å². The molecule has 0 aliphatic carbocycles. The van der Waals surface area contributed by atoms with Crippen molar-refractivity contribution in [1.82, 2.24) is 0 Å². The standard InChI is InChI=1S/C21H23ClFNO2/c1-20(2)19-21(3,7-8-26-19)15-10-14(16(22)11-17(15)24-20)13-6-5-12(23)9-18(13)25-4/h5-6,9-11,19,24H,7-8H2,1-4H3. The topological polar surface area (TPSA) is 30.5 Å². The second kappa shape index (κ2) is 5.86. The highest BCUT2D eigenvalue weighted by atomic mass is 35.5. The van der Waals surface area contributed by atoms with Crippen molar-refractivity contribution in [2.75, 3.05) is 19.0 Å². The fraction of sp³-hybridized carbons (Fsp3) is 0.429. The van der Waals surface area contributed by atoms with Crippen LogP contribution in [0.2, 0.25) is 5.02 Å². The monoisotopic (exact) mass is 375 g/mol. The van der Waals surface area contributed by atoms with Crippen molar-refractivity contribution in [2.24, 2.45) is 0 Å². The molecule has 0 aromatic heterocycles. The molecule has 4 rings (SSSR count). The number of anilines is 1. The van der Waals surface area contributed by atoms with Crippen LogP contribution >= 0.6 is 11.6 Å². The zero-order chi connectivity index (χ0) is 18.7. The van der Waals surface area contributed by atoms with Gasteiger partial charge in [-0.15, -0.1) is 0 Å². The molecule has 0 saturated carbocycles. The molecule has 3 nitrogen and oxygen atoms in total. The van der Waals surface area contributed by atoms with Gasteiger partial charge in [-0.3, -0.25) is 0 Å². The number of hydrogen-bond acceptors (Lipinski definition) is 3. The zero-order valence-corrected chi connectivity index (χ0v) is 16.2. The molecule has 0 radical (unpaired) electrons. The van der Waals surface area contributed by atoms with Crippen molar-refractivity contribution in [2.45, 2.75) is 44.2 Å². The third-order valence-corrected chi connectivity index (χ3v) is 6.09. The van der Waals surface area contributed by atoms with E-state index in [4.69, 9.17) is 21.1 Å². The lowest BCUT2D eigenvalue weighted by molar-refractivity contribution is 0.0353. The Morgan fingerprint density at radius 1 is 1.19 bits per heavy atom. The first-order chi connectivity index (χ1) is 12.3. The van der Waals surface area contributed by atoms with Crippen LogP contribution in [-0.4, -0.2) is 25.4 Å². The quantitative estimate of drug-likeness (QED) is 0.761. The third kappa shape index (κ3) is 2.50. The smallest absolute Gasteiger partial charge is 0.129 e. The summed E-state index contributed by atoms with van der Waals surface area (Å²) in [6.07, 6.45) is 1.03. The van der Waals surface area contributed by atoms with Gasteiger partial charge in [-0.1, -0.05) is 18.5 Å². The molecular formula is C21H23ClFNO2. The van der Waals surface area contributed by atoms with E-state index in [0.29, 0.717) is 10.8 Å². The Morgan fingerprint density at radius 2 is 1.96 bits per heavy atom. The van der Waals surface area contributed by atoms with Crippen LogP contribution in [0, 0.1) is 5.82 Å². The lowest BCUT2D eigenvalue weighted by Crippen LogP contribution is -2.56. The van der Waals surface area contributed by atoms with Gasteiger partial charge in [0.2, 0.25) is 0 Å². The predicted octanol–water partition coefficient (Wildman–Crippen LogP) is 5.41. The number of methoxy groups -OCH3 is 1. The van der Waals surface area contributed by atoms with Gasteiger partial charge in [-0.2, -0.15) is 0 Å². The average molecular weight is 376 g/mol. The molecule has 0 bridgehead atoms. The molecule has 1 fully saturated rings. The maximum absolute atomic E-state index is 13.6. The Morgan fingerprint density at radius 3 is 2.69 bits per heavy atom. The van der Waals surface area contributed by atoms with Gasteiger partial charge in [0.05, 0.1) is 23.8 Å². The summed E-state index contributed by atoms with van der Waals surface area (Å²) in [5.74, 6) is 0.139. The summed E-state index contributed by atoms with van der Waals surface area (Å²) >= 11 is 6.63. The van der Waals surface area contributed by atoms with Crippen LogP contribution in [0.5, 0.6) is 5.75 Å². The van der Waals surface area contributed by atoms with Crippen LogP contribution < -0.4 is 10.1 Å². The van der Waals surface area contributed by atoms with Crippen LogP contribution in [0.4, 0.5) is 10.1 Å².